The molecule has 4 heterocycles. The fourth-order valence-electron chi connectivity index (χ4n) is 4.54. The Kier molecular flexibility index (Phi) is 8.82. The predicted molar refractivity (Wildman–Crippen MR) is 168 cm³/mol. The highest BCUT2D eigenvalue weighted by molar-refractivity contribution is 8.01. The summed E-state index contributed by atoms with van der Waals surface area (Å²) in [4.78, 5) is 49.6. The smallest absolute Gasteiger partial charge is 0.352 e. The Morgan fingerprint density at radius 2 is 1.98 bits per heavy atom. The molecule has 0 unspecified atom stereocenters. The number of hydrogen-bond donors (Lipinski definition) is 5. The first-order valence-corrected chi connectivity index (χ1v) is 16.3. The van der Waals surface area contributed by atoms with Crippen LogP contribution in [0.15, 0.2) is 80.0 Å². The minimum absolute atomic E-state index is 0.0880. The SMILES string of the molecule is Nc1nc(/C(=N/OCc2ccccc2)C(=O)N[C@@H]2C(=O)N3C(C(=O)O)=C(CSc4nnc(-c5ccc(O)c(O)c5)o4)CS[C@H]23)cs1. The average molecular weight is 682 g/mol. The van der Waals surface area contributed by atoms with Gasteiger partial charge in [0.1, 0.15) is 29.4 Å². The Morgan fingerprint density at radius 1 is 1.17 bits per heavy atom. The quantitative estimate of drug-likeness (QED) is 0.0504. The molecule has 1 fully saturated rings. The van der Waals surface area contributed by atoms with Crippen molar-refractivity contribution >= 4 is 63.5 Å². The van der Waals surface area contributed by atoms with E-state index in [0.717, 1.165) is 33.6 Å². The van der Waals surface area contributed by atoms with Gasteiger partial charge in [-0.05, 0) is 29.3 Å². The number of amides is 2. The fourth-order valence-corrected chi connectivity index (χ4v) is 7.34. The molecule has 0 radical (unpaired) electrons. The molecule has 2 aromatic carbocycles. The number of nitrogens with zero attached hydrogens (tertiary/aromatic N) is 5. The summed E-state index contributed by atoms with van der Waals surface area (Å²) in [5.41, 5.74) is 7.24. The van der Waals surface area contributed by atoms with Crippen LogP contribution in [0.3, 0.4) is 0 Å². The van der Waals surface area contributed by atoms with Gasteiger partial charge in [-0.25, -0.2) is 9.78 Å². The van der Waals surface area contributed by atoms with E-state index < -0.39 is 29.2 Å². The van der Waals surface area contributed by atoms with E-state index in [1.165, 1.54) is 30.0 Å². The zero-order valence-corrected chi connectivity index (χ0v) is 25.8. The second-order valence-electron chi connectivity index (χ2n) is 9.75. The van der Waals surface area contributed by atoms with Crippen LogP contribution in [0.4, 0.5) is 5.13 Å². The van der Waals surface area contributed by atoms with Crippen LogP contribution >= 0.6 is 34.9 Å². The van der Waals surface area contributed by atoms with Crippen molar-refractivity contribution in [2.24, 2.45) is 5.16 Å². The lowest BCUT2D eigenvalue weighted by Crippen LogP contribution is -2.71. The minimum atomic E-state index is -1.29. The lowest BCUT2D eigenvalue weighted by atomic mass is 10.0. The molecular formula is C28H23N7O8S3. The van der Waals surface area contributed by atoms with E-state index in [-0.39, 0.29) is 63.0 Å². The first-order chi connectivity index (χ1) is 22.2. The molecule has 236 valence electrons. The number of phenols is 2. The minimum Gasteiger partial charge on any atom is -0.504 e. The summed E-state index contributed by atoms with van der Waals surface area (Å²) >= 11 is 3.48. The zero-order valence-electron chi connectivity index (χ0n) is 23.4. The third-order valence-corrected chi connectivity index (χ3v) is 9.66. The zero-order chi connectivity index (χ0) is 32.4. The van der Waals surface area contributed by atoms with Gasteiger partial charge >= 0.3 is 5.97 Å². The highest BCUT2D eigenvalue weighted by Crippen LogP contribution is 2.42. The van der Waals surface area contributed by atoms with Gasteiger partial charge in [-0.15, -0.1) is 33.3 Å². The number of hydrogen-bond acceptors (Lipinski definition) is 15. The van der Waals surface area contributed by atoms with E-state index in [4.69, 9.17) is 15.0 Å². The second kappa shape index (κ2) is 13.1. The Bertz CT molecular complexity index is 1880. The standard InChI is InChI=1S/C28H23N7O8S3/c29-27-30-16(12-45-27)19(34-42-9-13-4-2-1-3-5-13)22(38)31-20-24(39)35-21(26(40)41)15(10-44-25(20)35)11-46-28-33-32-23(43-28)14-6-7-17(36)18(37)8-14/h1-8,12,20,25,36-37H,9-11H2,(H2,29,30)(H,31,38)(H,40,41)/b34-19-/t20-,25-/m1/s1. The molecule has 2 aromatic heterocycles. The molecule has 0 spiro atoms. The number of benzene rings is 2. The first-order valence-electron chi connectivity index (χ1n) is 13.3. The van der Waals surface area contributed by atoms with Gasteiger partial charge in [0, 0.05) is 22.4 Å². The number of nitrogens with two attached hydrogens (primary N) is 1. The van der Waals surface area contributed by atoms with Crippen LogP contribution in [0.2, 0.25) is 0 Å². The number of nitrogens with one attached hydrogen (secondary N) is 1. The maximum Gasteiger partial charge on any atom is 0.352 e. The van der Waals surface area contributed by atoms with Crippen molar-refractivity contribution in [2.75, 3.05) is 17.2 Å². The van der Waals surface area contributed by atoms with E-state index in [1.54, 1.807) is 5.38 Å². The number of phenolic OH excluding ortho intramolecular Hbond substituents is 2. The van der Waals surface area contributed by atoms with E-state index in [0.29, 0.717) is 11.1 Å². The molecule has 4 aromatic rings. The first kappa shape index (κ1) is 30.9. The number of carbonyl (C=O) groups is 3. The number of nitrogen functional groups attached to an aromatic ring is 1. The van der Waals surface area contributed by atoms with Crippen molar-refractivity contribution in [2.45, 2.75) is 23.2 Å². The van der Waals surface area contributed by atoms with Gasteiger partial charge in [0.2, 0.25) is 5.89 Å². The summed E-state index contributed by atoms with van der Waals surface area (Å²) in [6, 6.07) is 12.2. The number of aromatic hydroxyl groups is 2. The molecule has 0 aliphatic carbocycles. The normalized spacial score (nSPS) is 17.8. The van der Waals surface area contributed by atoms with Gasteiger partial charge in [-0.1, -0.05) is 47.2 Å². The van der Waals surface area contributed by atoms with Crippen molar-refractivity contribution in [3.63, 3.8) is 0 Å². The number of carboxylic acids is 1. The van der Waals surface area contributed by atoms with Crippen LogP contribution in [-0.2, 0) is 25.8 Å². The average Bonchev–Trinajstić information content (AvgIpc) is 3.71. The molecule has 2 aliphatic heterocycles. The number of fused-ring (bicyclic) bond motifs is 1. The number of carbonyl (C=O) groups excluding carboxylic acids is 2. The third kappa shape index (κ3) is 6.35. The fraction of sp³-hybridized carbons (Fsp3) is 0.179. The molecule has 46 heavy (non-hydrogen) atoms. The number of carboxylic acid groups (broad SMARTS) is 1. The number of aromatic nitrogens is 3. The molecule has 2 atom stereocenters. The van der Waals surface area contributed by atoms with Gasteiger partial charge in [0.25, 0.3) is 17.0 Å². The highest BCUT2D eigenvalue weighted by atomic mass is 32.2. The van der Waals surface area contributed by atoms with Crippen LogP contribution in [-0.4, -0.2) is 81.8 Å². The second-order valence-corrected chi connectivity index (χ2v) is 12.7. The Labute approximate surface area is 272 Å². The van der Waals surface area contributed by atoms with E-state index in [1.807, 2.05) is 30.3 Å². The largest absolute Gasteiger partial charge is 0.504 e. The number of anilines is 1. The van der Waals surface area contributed by atoms with Crippen LogP contribution in [0.1, 0.15) is 11.3 Å². The lowest BCUT2D eigenvalue weighted by molar-refractivity contribution is -0.150. The van der Waals surface area contributed by atoms with E-state index in [9.17, 15) is 29.7 Å². The molecule has 18 heteroatoms. The molecule has 0 saturated carbocycles. The Balaban J connectivity index is 1.13. The number of rotatable bonds is 11. The summed E-state index contributed by atoms with van der Waals surface area (Å²) in [6.45, 7) is 0.0880. The number of thiazole rings is 1. The van der Waals surface area contributed by atoms with Gasteiger partial charge < -0.3 is 35.6 Å². The Hall–Kier alpha value is -5.07. The van der Waals surface area contributed by atoms with Crippen LogP contribution < -0.4 is 11.1 Å². The van der Waals surface area contributed by atoms with Crippen molar-refractivity contribution in [3.05, 3.63) is 76.4 Å². The number of aliphatic carboxylic acids is 1. The van der Waals surface area contributed by atoms with Crippen molar-refractivity contribution < 1.29 is 39.0 Å². The number of oxime groups is 1. The van der Waals surface area contributed by atoms with Crippen molar-refractivity contribution in [1.29, 1.82) is 0 Å². The van der Waals surface area contributed by atoms with Crippen molar-refractivity contribution in [3.8, 4) is 23.0 Å². The molecule has 0 bridgehead atoms. The van der Waals surface area contributed by atoms with Crippen LogP contribution in [0.25, 0.3) is 11.5 Å². The van der Waals surface area contributed by atoms with E-state index >= 15 is 0 Å². The van der Waals surface area contributed by atoms with Gasteiger partial charge in [-0.3, -0.25) is 14.5 Å². The highest BCUT2D eigenvalue weighted by Gasteiger charge is 2.54. The molecule has 6 N–H and O–H groups in total. The summed E-state index contributed by atoms with van der Waals surface area (Å²) in [7, 11) is 0. The third-order valence-electron chi connectivity index (χ3n) is 6.74. The number of β-lactam (4-membered cyclic amide) rings is 1. The Morgan fingerprint density at radius 3 is 2.70 bits per heavy atom. The molecule has 2 amide bonds. The van der Waals surface area contributed by atoms with Crippen LogP contribution in [0, 0.1) is 0 Å². The van der Waals surface area contributed by atoms with Gasteiger partial charge in [-0.2, -0.15) is 0 Å². The lowest BCUT2D eigenvalue weighted by Gasteiger charge is -2.49. The summed E-state index contributed by atoms with van der Waals surface area (Å²) < 4.78 is 5.62. The van der Waals surface area contributed by atoms with Crippen LogP contribution in [0.5, 0.6) is 11.5 Å². The predicted octanol–water partition coefficient (Wildman–Crippen LogP) is 2.64. The molecular weight excluding hydrogens is 659 g/mol. The maximum absolute atomic E-state index is 13.3. The summed E-state index contributed by atoms with van der Waals surface area (Å²) in [5, 5.41) is 45.0. The molecule has 15 nitrogen and oxygen atoms in total. The molecule has 2 aliphatic rings. The van der Waals surface area contributed by atoms with Gasteiger partial charge in [0.05, 0.1) is 0 Å². The van der Waals surface area contributed by atoms with E-state index in [2.05, 4.69) is 25.7 Å². The monoisotopic (exact) mass is 681 g/mol. The topological polar surface area (TPSA) is 227 Å². The van der Waals surface area contributed by atoms with Gasteiger partial charge in [0.15, 0.2) is 22.3 Å². The number of thioether (sulfide) groups is 2. The molecule has 1 saturated heterocycles. The summed E-state index contributed by atoms with van der Waals surface area (Å²) in [6.07, 6.45) is 0. The molecule has 6 rings (SSSR count). The van der Waals surface area contributed by atoms with Crippen molar-refractivity contribution in [1.82, 2.24) is 25.4 Å². The maximum atomic E-state index is 13.3. The summed E-state index contributed by atoms with van der Waals surface area (Å²) in [5.74, 6) is -2.79.